The van der Waals surface area contributed by atoms with E-state index >= 15 is 0 Å². The average Bonchev–Trinajstić information content (AvgIpc) is 3.39. The Bertz CT molecular complexity index is 1060. The number of amides is 2. The smallest absolute Gasteiger partial charge is 0.261 e. The van der Waals surface area contributed by atoms with Crippen LogP contribution >= 0.6 is 8.53 Å². The van der Waals surface area contributed by atoms with Crippen LogP contribution in [0.25, 0.3) is 10.5 Å². The quantitative estimate of drug-likeness (QED) is 0.228. The fourth-order valence-corrected chi connectivity index (χ4v) is 7.49. The molecule has 1 aromatic rings. The maximum absolute atomic E-state index is 13.6. The monoisotopic (exact) mass is 540 g/mol. The summed E-state index contributed by atoms with van der Waals surface area (Å²) in [5.74, 6) is 0.210. The first kappa shape index (κ1) is 28.7. The van der Waals surface area contributed by atoms with Crippen LogP contribution in [0, 0.1) is 6.57 Å². The summed E-state index contributed by atoms with van der Waals surface area (Å²) >= 11 is 0. The molecule has 1 fully saturated rings. The minimum Gasteiger partial charge on any atom is -0.314 e. The van der Waals surface area contributed by atoms with E-state index in [9.17, 15) is 9.59 Å². The zero-order valence-corrected chi connectivity index (χ0v) is 24.0. The lowest BCUT2D eigenvalue weighted by atomic mass is 10.0. The summed E-state index contributed by atoms with van der Waals surface area (Å²) in [5.41, 5.74) is 2.72. The Kier molecular flexibility index (Phi) is 9.95. The van der Waals surface area contributed by atoms with E-state index in [2.05, 4.69) is 43.3 Å². The Morgan fingerprint density at radius 2 is 1.82 bits per heavy atom. The van der Waals surface area contributed by atoms with Gasteiger partial charge in [-0.3, -0.25) is 14.1 Å². The van der Waals surface area contributed by atoms with Gasteiger partial charge in [0, 0.05) is 47.9 Å². The normalized spacial score (nSPS) is 24.4. The zero-order chi connectivity index (χ0) is 27.2. The van der Waals surface area contributed by atoms with Crippen LogP contribution in [0.1, 0.15) is 88.6 Å². The number of fused-ring (bicyclic) bond motifs is 4. The number of nitrogens with zero attached hydrogens (tertiary/aromatic N) is 4. The van der Waals surface area contributed by atoms with Crippen molar-refractivity contribution in [1.29, 1.82) is 0 Å². The summed E-state index contributed by atoms with van der Waals surface area (Å²) in [7, 11) is -1.44. The Morgan fingerprint density at radius 3 is 2.53 bits per heavy atom. The van der Waals surface area contributed by atoms with Crippen molar-refractivity contribution in [2.45, 2.75) is 97.0 Å². The van der Waals surface area contributed by atoms with Crippen molar-refractivity contribution >= 4 is 26.0 Å². The summed E-state index contributed by atoms with van der Waals surface area (Å²) in [4.78, 5) is 34.0. The van der Waals surface area contributed by atoms with E-state index in [1.807, 2.05) is 34.1 Å². The van der Waals surface area contributed by atoms with Crippen LogP contribution in [0.5, 0.6) is 0 Å². The highest BCUT2D eigenvalue weighted by atomic mass is 31.2. The Labute approximate surface area is 228 Å². The van der Waals surface area contributed by atoms with Gasteiger partial charge in [-0.15, -0.1) is 0 Å². The van der Waals surface area contributed by atoms with E-state index in [1.165, 1.54) is 0 Å². The van der Waals surface area contributed by atoms with Gasteiger partial charge in [0.2, 0.25) is 12.5 Å². The molecule has 0 N–H and O–H groups in total. The lowest BCUT2D eigenvalue weighted by Crippen LogP contribution is -2.43. The third-order valence-electron chi connectivity index (χ3n) is 7.43. The van der Waals surface area contributed by atoms with Crippen molar-refractivity contribution in [1.82, 2.24) is 14.5 Å². The highest BCUT2D eigenvalue weighted by molar-refractivity contribution is 7.44. The minimum absolute atomic E-state index is 0.00998. The molecule has 8 nitrogen and oxygen atoms in total. The first-order chi connectivity index (χ1) is 18.3. The van der Waals surface area contributed by atoms with Gasteiger partial charge in [-0.2, -0.15) is 0 Å². The third kappa shape index (κ3) is 6.29. The first-order valence-corrected chi connectivity index (χ1v) is 15.1. The van der Waals surface area contributed by atoms with Crippen LogP contribution < -0.4 is 0 Å². The highest BCUT2D eigenvalue weighted by Gasteiger charge is 2.41. The number of rotatable bonds is 8. The molecule has 3 heterocycles. The molecule has 0 bridgehead atoms. The molecule has 0 aromatic heterocycles. The molecule has 0 aliphatic carbocycles. The molecule has 206 valence electrons. The molecule has 3 aliphatic heterocycles. The topological polar surface area (TPSA) is 66.7 Å². The summed E-state index contributed by atoms with van der Waals surface area (Å²) in [6, 6.07) is 8.23. The number of carbonyl (C=O) groups excluding carboxylic acids is 2. The van der Waals surface area contributed by atoms with Crippen molar-refractivity contribution in [2.24, 2.45) is 0 Å². The molecule has 0 saturated carbocycles. The van der Waals surface area contributed by atoms with Gasteiger partial charge in [-0.1, -0.05) is 30.7 Å². The van der Waals surface area contributed by atoms with Crippen LogP contribution in [0.15, 0.2) is 30.3 Å². The summed E-state index contributed by atoms with van der Waals surface area (Å²) in [5, 5.41) is 0. The number of hydrogen-bond donors (Lipinski definition) is 0. The molecule has 4 rings (SSSR count). The van der Waals surface area contributed by atoms with Crippen LogP contribution in [-0.2, 0) is 13.8 Å². The van der Waals surface area contributed by atoms with Crippen molar-refractivity contribution < 1.29 is 18.6 Å². The molecule has 2 amide bonds. The second-order valence-corrected chi connectivity index (χ2v) is 12.2. The molecule has 1 saturated heterocycles. The molecule has 3 aliphatic rings. The van der Waals surface area contributed by atoms with Gasteiger partial charge in [0.1, 0.15) is 12.8 Å². The maximum Gasteiger partial charge on any atom is 0.261 e. The summed E-state index contributed by atoms with van der Waals surface area (Å²) in [6.45, 7) is 16.9. The molecule has 0 spiro atoms. The molecule has 1 aromatic carbocycles. The Balaban J connectivity index is 1.59. The standard InChI is InChI=1S/C29H41N4O4P/c1-21(2)33(22(3)4)38(36-20-18-30-5)37-28-17-15-23-14-16-26-24-11-8-9-12-25(24)29(35)31(26)19-10-6-7-13-27(34)32(23)28/h8-9,11-12,16,21-23,28H,6-7,10,13-15,17-20H2,1-4H3/b26-16-/t23-,28+,38?/m1/s1. The van der Waals surface area contributed by atoms with Gasteiger partial charge in [-0.25, -0.2) is 11.2 Å². The van der Waals surface area contributed by atoms with Crippen molar-refractivity contribution in [3.05, 3.63) is 52.9 Å². The van der Waals surface area contributed by atoms with Crippen molar-refractivity contribution in [3.8, 4) is 0 Å². The Hall–Kier alpha value is -2.30. The molecule has 38 heavy (non-hydrogen) atoms. The summed E-state index contributed by atoms with van der Waals surface area (Å²) in [6.07, 6.45) is 7.09. The Morgan fingerprint density at radius 1 is 1.08 bits per heavy atom. The second kappa shape index (κ2) is 13.2. The van der Waals surface area contributed by atoms with E-state index in [-0.39, 0.29) is 42.7 Å². The van der Waals surface area contributed by atoms with E-state index in [4.69, 9.17) is 15.6 Å². The van der Waals surface area contributed by atoms with Gasteiger partial charge in [0.15, 0.2) is 0 Å². The molecular weight excluding hydrogens is 499 g/mol. The highest BCUT2D eigenvalue weighted by Crippen LogP contribution is 2.49. The van der Waals surface area contributed by atoms with Crippen molar-refractivity contribution in [2.75, 3.05) is 19.7 Å². The maximum atomic E-state index is 13.6. The molecular formula is C29H41N4O4P. The van der Waals surface area contributed by atoms with E-state index < -0.39 is 8.53 Å². The molecule has 1 unspecified atom stereocenters. The van der Waals surface area contributed by atoms with Gasteiger partial charge >= 0.3 is 0 Å². The number of benzene rings is 1. The van der Waals surface area contributed by atoms with E-state index in [0.29, 0.717) is 26.0 Å². The van der Waals surface area contributed by atoms with E-state index in [1.54, 1.807) is 0 Å². The van der Waals surface area contributed by atoms with Crippen LogP contribution in [0.2, 0.25) is 0 Å². The largest absolute Gasteiger partial charge is 0.314 e. The van der Waals surface area contributed by atoms with Crippen LogP contribution in [0.4, 0.5) is 0 Å². The van der Waals surface area contributed by atoms with E-state index in [0.717, 1.165) is 48.9 Å². The predicted molar refractivity (Wildman–Crippen MR) is 150 cm³/mol. The lowest BCUT2D eigenvalue weighted by Gasteiger charge is -2.39. The fourth-order valence-electron chi connectivity index (χ4n) is 5.78. The summed E-state index contributed by atoms with van der Waals surface area (Å²) < 4.78 is 15.0. The second-order valence-electron chi connectivity index (χ2n) is 10.8. The molecule has 0 radical (unpaired) electrons. The van der Waals surface area contributed by atoms with Gasteiger partial charge in [0.05, 0.1) is 0 Å². The molecule has 9 heteroatoms. The number of hydrogen-bond acceptors (Lipinski definition) is 5. The lowest BCUT2D eigenvalue weighted by molar-refractivity contribution is -0.139. The van der Waals surface area contributed by atoms with Gasteiger partial charge < -0.3 is 19.2 Å². The van der Waals surface area contributed by atoms with Crippen LogP contribution in [0.3, 0.4) is 0 Å². The zero-order valence-electron chi connectivity index (χ0n) is 23.1. The predicted octanol–water partition coefficient (Wildman–Crippen LogP) is 6.06. The first-order valence-electron chi connectivity index (χ1n) is 14.0. The number of carbonyl (C=O) groups is 2. The van der Waals surface area contributed by atoms with Gasteiger partial charge in [0.25, 0.3) is 14.4 Å². The minimum atomic E-state index is -1.44. The molecule has 3 atom stereocenters. The van der Waals surface area contributed by atoms with Gasteiger partial charge in [-0.05, 0) is 65.9 Å². The third-order valence-corrected chi connectivity index (χ3v) is 9.55. The van der Waals surface area contributed by atoms with Crippen LogP contribution in [-0.4, -0.2) is 70.3 Å². The fraction of sp³-hybridized carbons (Fsp3) is 0.621. The SMILES string of the molecule is [C-]#[N+]CCOP(O[C@H]1CC[C@H]2C/C=C3/c4ccccc4C(=O)N3CCCCCC(=O)N21)N(C(C)C)C(C)C. The average molecular weight is 541 g/mol. The van der Waals surface area contributed by atoms with Crippen molar-refractivity contribution in [3.63, 3.8) is 0 Å².